The third kappa shape index (κ3) is 3.49. The minimum atomic E-state index is -0.583. The van der Waals surface area contributed by atoms with Crippen LogP contribution in [0.1, 0.15) is 49.3 Å². The summed E-state index contributed by atoms with van der Waals surface area (Å²) in [5.74, 6) is 0.836. The van der Waals surface area contributed by atoms with Gasteiger partial charge in [-0.05, 0) is 50.3 Å². The minimum absolute atomic E-state index is 0.174. The summed E-state index contributed by atoms with van der Waals surface area (Å²) in [5, 5.41) is 15.1. The Hall–Kier alpha value is -2.50. The summed E-state index contributed by atoms with van der Waals surface area (Å²) in [6.07, 6.45) is 8.92. The number of aliphatic hydroxyl groups is 1. The van der Waals surface area contributed by atoms with Crippen molar-refractivity contribution in [3.8, 4) is 5.75 Å². The average molecular weight is 389 g/mol. The molecule has 1 saturated carbocycles. The number of hydrogen-bond donors (Lipinski definition) is 2. The van der Waals surface area contributed by atoms with E-state index in [4.69, 9.17) is 4.74 Å². The summed E-state index contributed by atoms with van der Waals surface area (Å²) >= 11 is 0. The molecule has 2 aromatic carbocycles. The van der Waals surface area contributed by atoms with Crippen LogP contribution in [0.5, 0.6) is 5.75 Å². The van der Waals surface area contributed by atoms with Crippen molar-refractivity contribution in [2.45, 2.75) is 56.3 Å². The largest absolute Gasteiger partial charge is 0.484 e. The molecule has 5 rings (SSSR count). The van der Waals surface area contributed by atoms with Crippen molar-refractivity contribution in [1.82, 2.24) is 15.3 Å². The molecule has 5 heteroatoms. The predicted octanol–water partition coefficient (Wildman–Crippen LogP) is 3.96. The molecule has 1 aliphatic carbocycles. The Bertz CT molecular complexity index is 986. The lowest BCUT2D eigenvalue weighted by Gasteiger charge is -2.48. The maximum absolute atomic E-state index is 11.4. The van der Waals surface area contributed by atoms with Crippen LogP contribution >= 0.6 is 0 Å². The fourth-order valence-corrected chi connectivity index (χ4v) is 4.88. The van der Waals surface area contributed by atoms with Crippen LogP contribution in [0.15, 0.2) is 54.9 Å². The molecule has 3 aromatic rings. The number of nitrogens with zero attached hydrogens (tertiary/aromatic N) is 2. The second-order valence-electron chi connectivity index (χ2n) is 8.27. The number of rotatable bonds is 4. The number of nitrogens with one attached hydrogen (secondary N) is 1. The van der Waals surface area contributed by atoms with Gasteiger partial charge >= 0.3 is 0 Å². The molecule has 150 valence electrons. The Labute approximate surface area is 171 Å². The van der Waals surface area contributed by atoms with Gasteiger partial charge in [-0.3, -0.25) is 9.97 Å². The average Bonchev–Trinajstić information content (AvgIpc) is 2.77. The summed E-state index contributed by atoms with van der Waals surface area (Å²) in [5.41, 5.74) is 3.42. The molecular weight excluding hydrogens is 362 g/mol. The molecule has 0 bridgehead atoms. The first-order valence-corrected chi connectivity index (χ1v) is 10.6. The summed E-state index contributed by atoms with van der Waals surface area (Å²) in [6, 6.07) is 14.3. The Morgan fingerprint density at radius 2 is 1.72 bits per heavy atom. The molecule has 2 heterocycles. The second kappa shape index (κ2) is 7.73. The zero-order valence-corrected chi connectivity index (χ0v) is 16.6. The summed E-state index contributed by atoms with van der Waals surface area (Å²) < 4.78 is 6.52. The first-order valence-electron chi connectivity index (χ1n) is 10.6. The number of aliphatic hydroxyl groups excluding tert-OH is 1. The highest BCUT2D eigenvalue weighted by Crippen LogP contribution is 2.47. The molecular formula is C24H27N3O2. The van der Waals surface area contributed by atoms with Gasteiger partial charge in [-0.2, -0.15) is 0 Å². The Morgan fingerprint density at radius 1 is 1.00 bits per heavy atom. The Morgan fingerprint density at radius 3 is 2.48 bits per heavy atom. The van der Waals surface area contributed by atoms with Gasteiger partial charge in [0.25, 0.3) is 0 Å². The molecule has 1 aromatic heterocycles. The van der Waals surface area contributed by atoms with Crippen molar-refractivity contribution >= 4 is 11.0 Å². The van der Waals surface area contributed by atoms with Crippen LogP contribution in [0.4, 0.5) is 0 Å². The standard InChI is InChI=1S/C24H27N3O2/c28-23-22(27-12-9-17-7-3-1-4-8-17)18-15-19-20(26-14-13-25-19)16-21(18)29-24(23)10-5-2-6-11-24/h1,3-4,7-8,13-16,22-23,27-28H,2,5-6,9-12H2. The monoisotopic (exact) mass is 389 g/mol. The Kier molecular flexibility index (Phi) is 4.94. The molecule has 1 spiro atoms. The third-order valence-electron chi connectivity index (χ3n) is 6.42. The van der Waals surface area contributed by atoms with Gasteiger partial charge in [0.05, 0.1) is 17.1 Å². The van der Waals surface area contributed by atoms with Crippen molar-refractivity contribution in [2.75, 3.05) is 6.54 Å². The quantitative estimate of drug-likeness (QED) is 0.707. The molecule has 0 amide bonds. The normalized spacial score (nSPS) is 22.9. The van der Waals surface area contributed by atoms with E-state index in [1.807, 2.05) is 18.2 Å². The van der Waals surface area contributed by atoms with E-state index >= 15 is 0 Å². The third-order valence-corrected chi connectivity index (χ3v) is 6.42. The van der Waals surface area contributed by atoms with Crippen molar-refractivity contribution in [1.29, 1.82) is 0 Å². The van der Waals surface area contributed by atoms with Gasteiger partial charge < -0.3 is 15.2 Å². The molecule has 0 radical (unpaired) electrons. The molecule has 2 unspecified atom stereocenters. The molecule has 2 N–H and O–H groups in total. The number of ether oxygens (including phenoxy) is 1. The fraction of sp³-hybridized carbons (Fsp3) is 0.417. The first kappa shape index (κ1) is 18.5. The van der Waals surface area contributed by atoms with Gasteiger partial charge in [0.1, 0.15) is 17.5 Å². The van der Waals surface area contributed by atoms with Gasteiger partial charge in [0, 0.05) is 24.0 Å². The zero-order valence-electron chi connectivity index (χ0n) is 16.6. The maximum Gasteiger partial charge on any atom is 0.137 e. The minimum Gasteiger partial charge on any atom is -0.484 e. The van der Waals surface area contributed by atoms with Gasteiger partial charge in [0.2, 0.25) is 0 Å². The molecule has 1 fully saturated rings. The summed E-state index contributed by atoms with van der Waals surface area (Å²) in [6.45, 7) is 0.791. The lowest BCUT2D eigenvalue weighted by atomic mass is 9.74. The summed E-state index contributed by atoms with van der Waals surface area (Å²) in [7, 11) is 0. The van der Waals surface area contributed by atoms with Gasteiger partial charge in [-0.1, -0.05) is 36.8 Å². The molecule has 5 nitrogen and oxygen atoms in total. The van der Waals surface area contributed by atoms with Crippen LogP contribution in [0, 0.1) is 0 Å². The molecule has 1 aliphatic heterocycles. The van der Waals surface area contributed by atoms with Crippen molar-refractivity contribution < 1.29 is 9.84 Å². The second-order valence-corrected chi connectivity index (χ2v) is 8.27. The van der Waals surface area contributed by atoms with Gasteiger partial charge in [-0.15, -0.1) is 0 Å². The van der Waals surface area contributed by atoms with E-state index in [9.17, 15) is 5.11 Å². The van der Waals surface area contributed by atoms with E-state index < -0.39 is 11.7 Å². The highest BCUT2D eigenvalue weighted by molar-refractivity contribution is 5.77. The van der Waals surface area contributed by atoms with E-state index in [2.05, 4.69) is 39.6 Å². The number of hydrogen-bond acceptors (Lipinski definition) is 5. The SMILES string of the molecule is OC1C(NCCc2ccccc2)c2cc3nccnc3cc2OC12CCCCC2. The molecule has 0 saturated heterocycles. The number of fused-ring (bicyclic) bond motifs is 2. The van der Waals surface area contributed by atoms with Crippen molar-refractivity contribution in [3.05, 3.63) is 66.0 Å². The number of benzene rings is 2. The zero-order chi connectivity index (χ0) is 19.7. The van der Waals surface area contributed by atoms with E-state index in [-0.39, 0.29) is 6.04 Å². The maximum atomic E-state index is 11.4. The van der Waals surface area contributed by atoms with Crippen LogP contribution in [-0.4, -0.2) is 33.3 Å². The van der Waals surface area contributed by atoms with Gasteiger partial charge in [0.15, 0.2) is 0 Å². The topological polar surface area (TPSA) is 67.3 Å². The number of aromatic nitrogens is 2. The van der Waals surface area contributed by atoms with Crippen LogP contribution in [-0.2, 0) is 6.42 Å². The fourth-order valence-electron chi connectivity index (χ4n) is 4.88. The van der Waals surface area contributed by atoms with E-state index in [1.54, 1.807) is 12.4 Å². The van der Waals surface area contributed by atoms with E-state index in [0.717, 1.165) is 61.0 Å². The van der Waals surface area contributed by atoms with Gasteiger partial charge in [-0.25, -0.2) is 0 Å². The smallest absolute Gasteiger partial charge is 0.137 e. The van der Waals surface area contributed by atoms with Crippen molar-refractivity contribution in [2.24, 2.45) is 0 Å². The van der Waals surface area contributed by atoms with Crippen molar-refractivity contribution in [3.63, 3.8) is 0 Å². The first-order chi connectivity index (χ1) is 14.3. The predicted molar refractivity (Wildman–Crippen MR) is 113 cm³/mol. The lowest BCUT2D eigenvalue weighted by Crippen LogP contribution is -2.57. The molecule has 2 atom stereocenters. The lowest BCUT2D eigenvalue weighted by molar-refractivity contribution is -0.107. The molecule has 2 aliphatic rings. The highest BCUT2D eigenvalue weighted by Gasteiger charge is 2.49. The van der Waals surface area contributed by atoms with Crippen LogP contribution in [0.3, 0.4) is 0 Å². The van der Waals surface area contributed by atoms with Crippen LogP contribution in [0.2, 0.25) is 0 Å². The summed E-state index contributed by atoms with van der Waals surface area (Å²) in [4.78, 5) is 8.90. The van der Waals surface area contributed by atoms with E-state index in [0.29, 0.717) is 0 Å². The van der Waals surface area contributed by atoms with Crippen LogP contribution in [0.25, 0.3) is 11.0 Å². The van der Waals surface area contributed by atoms with Crippen LogP contribution < -0.4 is 10.1 Å². The molecule has 29 heavy (non-hydrogen) atoms. The van der Waals surface area contributed by atoms with E-state index in [1.165, 1.54) is 12.0 Å². The highest BCUT2D eigenvalue weighted by atomic mass is 16.5. The Balaban J connectivity index is 1.48.